The maximum atomic E-state index is 12.3. The summed E-state index contributed by atoms with van der Waals surface area (Å²) in [5.74, 6) is 1.62. The molecule has 0 unspecified atom stereocenters. The monoisotopic (exact) mass is 399 g/mol. The zero-order valence-electron chi connectivity index (χ0n) is 17.3. The molecule has 152 valence electrons. The Balaban J connectivity index is 1.55. The molecule has 5 heteroatoms. The van der Waals surface area contributed by atoms with Crippen molar-refractivity contribution >= 4 is 16.9 Å². The van der Waals surface area contributed by atoms with Crippen LogP contribution in [0.5, 0.6) is 5.75 Å². The quantitative estimate of drug-likeness (QED) is 0.473. The Morgan fingerprint density at radius 3 is 2.53 bits per heavy atom. The molecule has 1 aromatic heterocycles. The van der Waals surface area contributed by atoms with E-state index in [1.54, 1.807) is 0 Å². The van der Waals surface area contributed by atoms with Crippen molar-refractivity contribution in [1.29, 1.82) is 0 Å². The maximum absolute atomic E-state index is 12.3. The van der Waals surface area contributed by atoms with Gasteiger partial charge in [0.25, 0.3) is 5.91 Å². The number of aryl methyl sites for hydroxylation is 1. The second-order valence-corrected chi connectivity index (χ2v) is 7.22. The molecule has 0 aliphatic heterocycles. The summed E-state index contributed by atoms with van der Waals surface area (Å²) in [6, 6.07) is 23.7. The molecule has 0 bridgehead atoms. The van der Waals surface area contributed by atoms with Gasteiger partial charge in [-0.15, -0.1) is 0 Å². The Bertz CT molecular complexity index is 1150. The topological polar surface area (TPSA) is 56.2 Å². The van der Waals surface area contributed by atoms with E-state index in [2.05, 4.69) is 14.9 Å². The molecule has 0 saturated carbocycles. The number of hydrogen-bond donors (Lipinski definition) is 1. The van der Waals surface area contributed by atoms with Gasteiger partial charge in [0.2, 0.25) is 0 Å². The van der Waals surface area contributed by atoms with Crippen LogP contribution < -0.4 is 10.1 Å². The smallest absolute Gasteiger partial charge is 0.251 e. The average molecular weight is 399 g/mol. The Kier molecular flexibility index (Phi) is 5.80. The molecule has 4 aromatic rings. The third-order valence-electron chi connectivity index (χ3n) is 4.96. The number of aromatic nitrogens is 2. The van der Waals surface area contributed by atoms with Gasteiger partial charge in [0.15, 0.2) is 0 Å². The van der Waals surface area contributed by atoms with Gasteiger partial charge in [-0.1, -0.05) is 37.3 Å². The van der Waals surface area contributed by atoms with Gasteiger partial charge in [-0.2, -0.15) is 0 Å². The molecule has 0 fully saturated rings. The van der Waals surface area contributed by atoms with Gasteiger partial charge in [-0.3, -0.25) is 9.36 Å². The van der Waals surface area contributed by atoms with Crippen LogP contribution in [0.2, 0.25) is 0 Å². The maximum Gasteiger partial charge on any atom is 0.251 e. The molecule has 0 atom stereocenters. The Hall–Kier alpha value is -3.60. The van der Waals surface area contributed by atoms with Crippen LogP contribution in [0.15, 0.2) is 72.8 Å². The fourth-order valence-electron chi connectivity index (χ4n) is 3.44. The van der Waals surface area contributed by atoms with Crippen molar-refractivity contribution < 1.29 is 9.53 Å². The van der Waals surface area contributed by atoms with E-state index in [0.717, 1.165) is 40.3 Å². The number of carbonyl (C=O) groups is 1. The van der Waals surface area contributed by atoms with Crippen LogP contribution in [-0.4, -0.2) is 22.0 Å². The number of imidazole rings is 1. The first-order valence-corrected chi connectivity index (χ1v) is 10.2. The third-order valence-corrected chi connectivity index (χ3v) is 4.96. The largest absolute Gasteiger partial charge is 0.489 e. The number of fused-ring (bicyclic) bond motifs is 1. The minimum Gasteiger partial charge on any atom is -0.489 e. The van der Waals surface area contributed by atoms with Crippen molar-refractivity contribution in [3.8, 4) is 11.4 Å². The number of nitrogens with zero attached hydrogens (tertiary/aromatic N) is 2. The Morgan fingerprint density at radius 2 is 1.80 bits per heavy atom. The SMILES string of the molecule is CCCNC(=O)c1ccc2c(c1)nc(C)n2-c1ccc(OCc2ccccc2)cc1. The molecular weight excluding hydrogens is 374 g/mol. The Morgan fingerprint density at radius 1 is 1.03 bits per heavy atom. The molecule has 0 spiro atoms. The highest BCUT2D eigenvalue weighted by atomic mass is 16.5. The summed E-state index contributed by atoms with van der Waals surface area (Å²) in [4.78, 5) is 16.9. The van der Waals surface area contributed by atoms with E-state index in [4.69, 9.17) is 4.74 Å². The second-order valence-electron chi connectivity index (χ2n) is 7.22. The highest BCUT2D eigenvalue weighted by Crippen LogP contribution is 2.24. The number of hydrogen-bond acceptors (Lipinski definition) is 3. The zero-order valence-corrected chi connectivity index (χ0v) is 17.3. The van der Waals surface area contributed by atoms with E-state index in [9.17, 15) is 4.79 Å². The minimum absolute atomic E-state index is 0.0640. The summed E-state index contributed by atoms with van der Waals surface area (Å²) in [5, 5.41) is 2.91. The van der Waals surface area contributed by atoms with Crippen LogP contribution in [-0.2, 0) is 6.61 Å². The summed E-state index contributed by atoms with van der Waals surface area (Å²) in [5.41, 5.74) is 4.55. The molecule has 30 heavy (non-hydrogen) atoms. The standard InChI is InChI=1S/C25H25N3O2/c1-3-15-26-25(29)20-9-14-24-23(16-20)27-18(2)28(24)21-10-12-22(13-11-21)30-17-19-7-5-4-6-8-19/h4-14,16H,3,15,17H2,1-2H3,(H,26,29). The van der Waals surface area contributed by atoms with E-state index in [0.29, 0.717) is 18.7 Å². The van der Waals surface area contributed by atoms with Crippen LogP contribution in [0.25, 0.3) is 16.7 Å². The molecule has 0 aliphatic carbocycles. The molecule has 3 aromatic carbocycles. The van der Waals surface area contributed by atoms with Gasteiger partial charge in [0.05, 0.1) is 11.0 Å². The molecule has 5 nitrogen and oxygen atoms in total. The van der Waals surface area contributed by atoms with Gasteiger partial charge < -0.3 is 10.1 Å². The van der Waals surface area contributed by atoms with Gasteiger partial charge in [-0.25, -0.2) is 4.98 Å². The molecule has 0 aliphatic rings. The first-order chi connectivity index (χ1) is 14.7. The van der Waals surface area contributed by atoms with Crippen LogP contribution in [0.3, 0.4) is 0 Å². The van der Waals surface area contributed by atoms with E-state index in [1.807, 2.05) is 86.6 Å². The highest BCUT2D eigenvalue weighted by molar-refractivity contribution is 5.97. The normalized spacial score (nSPS) is 10.9. The highest BCUT2D eigenvalue weighted by Gasteiger charge is 2.12. The van der Waals surface area contributed by atoms with E-state index in [1.165, 1.54) is 0 Å². The molecule has 1 N–H and O–H groups in total. The van der Waals surface area contributed by atoms with Crippen LogP contribution in [0, 0.1) is 6.92 Å². The number of rotatable bonds is 7. The number of ether oxygens (including phenoxy) is 1. The van der Waals surface area contributed by atoms with Gasteiger partial charge in [0.1, 0.15) is 18.2 Å². The molecule has 1 heterocycles. The van der Waals surface area contributed by atoms with Crippen LogP contribution >= 0.6 is 0 Å². The zero-order chi connectivity index (χ0) is 20.9. The summed E-state index contributed by atoms with van der Waals surface area (Å²) in [7, 11) is 0. The van der Waals surface area contributed by atoms with E-state index in [-0.39, 0.29) is 5.91 Å². The summed E-state index contributed by atoms with van der Waals surface area (Å²) < 4.78 is 7.97. The van der Waals surface area contributed by atoms with Crippen molar-refractivity contribution in [2.45, 2.75) is 26.9 Å². The van der Waals surface area contributed by atoms with Gasteiger partial charge in [0, 0.05) is 17.8 Å². The van der Waals surface area contributed by atoms with Crippen molar-refractivity contribution in [3.63, 3.8) is 0 Å². The fourth-order valence-corrected chi connectivity index (χ4v) is 3.44. The first-order valence-electron chi connectivity index (χ1n) is 10.2. The summed E-state index contributed by atoms with van der Waals surface area (Å²) in [6.07, 6.45) is 0.910. The second kappa shape index (κ2) is 8.82. The lowest BCUT2D eigenvalue weighted by atomic mass is 10.2. The fraction of sp³-hybridized carbons (Fsp3) is 0.200. The molecular formula is C25H25N3O2. The number of amides is 1. The van der Waals surface area contributed by atoms with Crippen molar-refractivity contribution in [3.05, 3.63) is 89.7 Å². The number of benzene rings is 3. The Labute approximate surface area is 176 Å². The number of carbonyl (C=O) groups excluding carboxylic acids is 1. The van der Waals surface area contributed by atoms with Crippen LogP contribution in [0.4, 0.5) is 0 Å². The molecule has 4 rings (SSSR count). The van der Waals surface area contributed by atoms with Crippen LogP contribution in [0.1, 0.15) is 35.1 Å². The predicted octanol–water partition coefficient (Wildman–Crippen LogP) is 5.05. The number of nitrogens with one attached hydrogen (secondary N) is 1. The predicted molar refractivity (Wildman–Crippen MR) is 119 cm³/mol. The lowest BCUT2D eigenvalue weighted by molar-refractivity contribution is 0.0954. The van der Waals surface area contributed by atoms with Gasteiger partial charge >= 0.3 is 0 Å². The minimum atomic E-state index is -0.0640. The van der Waals surface area contributed by atoms with Crippen molar-refractivity contribution in [1.82, 2.24) is 14.9 Å². The lowest BCUT2D eigenvalue weighted by Crippen LogP contribution is -2.23. The third kappa shape index (κ3) is 4.20. The summed E-state index contributed by atoms with van der Waals surface area (Å²) in [6.45, 7) is 5.21. The van der Waals surface area contributed by atoms with E-state index < -0.39 is 0 Å². The molecule has 0 saturated heterocycles. The van der Waals surface area contributed by atoms with Gasteiger partial charge in [-0.05, 0) is 61.4 Å². The average Bonchev–Trinajstić information content (AvgIpc) is 3.12. The lowest BCUT2D eigenvalue weighted by Gasteiger charge is -2.10. The van der Waals surface area contributed by atoms with Crippen molar-refractivity contribution in [2.24, 2.45) is 0 Å². The molecule has 1 amide bonds. The van der Waals surface area contributed by atoms with Crippen molar-refractivity contribution in [2.75, 3.05) is 6.54 Å². The molecule has 0 radical (unpaired) electrons. The van der Waals surface area contributed by atoms with E-state index >= 15 is 0 Å². The summed E-state index contributed by atoms with van der Waals surface area (Å²) >= 11 is 0. The first kappa shape index (κ1) is 19.7.